The summed E-state index contributed by atoms with van der Waals surface area (Å²) in [7, 11) is 0. The van der Waals surface area contributed by atoms with E-state index in [1.54, 1.807) is 10.9 Å². The molecule has 2 aliphatic rings. The van der Waals surface area contributed by atoms with Gasteiger partial charge < -0.3 is 20.3 Å². The van der Waals surface area contributed by atoms with Gasteiger partial charge in [0.15, 0.2) is 17.0 Å². The molecule has 2 aromatic heterocycles. The highest BCUT2D eigenvalue weighted by atomic mass is 35.5. The van der Waals surface area contributed by atoms with Crippen LogP contribution >= 0.6 is 11.6 Å². The van der Waals surface area contributed by atoms with Gasteiger partial charge in [-0.3, -0.25) is 4.57 Å². The van der Waals surface area contributed by atoms with Crippen molar-refractivity contribution in [3.8, 4) is 0 Å². The number of hydrogen-bond acceptors (Lipinski definition) is 7. The fraction of sp³-hybridized carbons (Fsp3) is 0.688. The molecule has 2 aromatic rings. The maximum atomic E-state index is 9.97. The third-order valence-corrected chi connectivity index (χ3v) is 5.20. The van der Waals surface area contributed by atoms with Gasteiger partial charge in [-0.2, -0.15) is 9.97 Å². The van der Waals surface area contributed by atoms with Crippen LogP contribution in [-0.2, 0) is 4.74 Å². The van der Waals surface area contributed by atoms with E-state index in [4.69, 9.17) is 16.3 Å². The van der Waals surface area contributed by atoms with E-state index >= 15 is 0 Å². The van der Waals surface area contributed by atoms with Gasteiger partial charge in [0.2, 0.25) is 5.28 Å². The Morgan fingerprint density at radius 1 is 1.28 bits per heavy atom. The normalized spacial score (nSPS) is 27.9. The molecule has 0 bridgehead atoms. The van der Waals surface area contributed by atoms with Crippen molar-refractivity contribution in [1.29, 1.82) is 0 Å². The summed E-state index contributed by atoms with van der Waals surface area (Å²) in [5.74, 6) is 0.637. The molecular weight excluding hydrogens is 346 g/mol. The van der Waals surface area contributed by atoms with Gasteiger partial charge >= 0.3 is 0 Å². The summed E-state index contributed by atoms with van der Waals surface area (Å²) in [6.45, 7) is -0.228. The number of aliphatic hydroxyl groups excluding tert-OH is 2. The van der Waals surface area contributed by atoms with Gasteiger partial charge in [0, 0.05) is 12.5 Å². The molecule has 2 fully saturated rings. The highest BCUT2D eigenvalue weighted by Crippen LogP contribution is 2.33. The van der Waals surface area contributed by atoms with E-state index in [0.29, 0.717) is 29.4 Å². The molecule has 1 aliphatic carbocycles. The summed E-state index contributed by atoms with van der Waals surface area (Å²) >= 11 is 6.13. The van der Waals surface area contributed by atoms with Crippen LogP contribution in [0.1, 0.15) is 44.8 Å². The molecule has 3 N–H and O–H groups in total. The molecule has 4 rings (SSSR count). The van der Waals surface area contributed by atoms with Crippen LogP contribution in [-0.4, -0.2) is 54.6 Å². The highest BCUT2D eigenvalue weighted by molar-refractivity contribution is 6.28. The van der Waals surface area contributed by atoms with Crippen LogP contribution in [0.15, 0.2) is 6.33 Å². The zero-order valence-electron chi connectivity index (χ0n) is 13.8. The molecular formula is C16H22ClN5O3. The van der Waals surface area contributed by atoms with Crippen LogP contribution in [0.4, 0.5) is 5.82 Å². The molecule has 136 valence electrons. The van der Waals surface area contributed by atoms with Gasteiger partial charge in [0.25, 0.3) is 0 Å². The van der Waals surface area contributed by atoms with Crippen molar-refractivity contribution in [3.63, 3.8) is 0 Å². The van der Waals surface area contributed by atoms with Crippen molar-refractivity contribution in [3.05, 3.63) is 11.6 Å². The van der Waals surface area contributed by atoms with Crippen molar-refractivity contribution < 1.29 is 14.9 Å². The predicted octanol–water partition coefficient (Wildman–Crippen LogP) is 1.86. The summed E-state index contributed by atoms with van der Waals surface area (Å²) in [4.78, 5) is 13.1. The zero-order chi connectivity index (χ0) is 17.4. The summed E-state index contributed by atoms with van der Waals surface area (Å²) in [5, 5.41) is 22.8. The average Bonchev–Trinajstić information content (AvgIpc) is 3.18. The fourth-order valence-corrected chi connectivity index (χ4v) is 3.86. The lowest BCUT2D eigenvalue weighted by Gasteiger charge is -2.23. The molecule has 1 saturated heterocycles. The van der Waals surface area contributed by atoms with E-state index in [0.717, 1.165) is 12.8 Å². The minimum atomic E-state index is -0.718. The lowest BCUT2D eigenvalue weighted by Crippen LogP contribution is -2.24. The first-order chi connectivity index (χ1) is 12.2. The van der Waals surface area contributed by atoms with Crippen LogP contribution in [0.5, 0.6) is 0 Å². The molecule has 8 nitrogen and oxygen atoms in total. The molecule has 3 heterocycles. The van der Waals surface area contributed by atoms with Gasteiger partial charge in [-0.1, -0.05) is 19.3 Å². The first-order valence-corrected chi connectivity index (χ1v) is 9.14. The monoisotopic (exact) mass is 367 g/mol. The predicted molar refractivity (Wildman–Crippen MR) is 92.4 cm³/mol. The topological polar surface area (TPSA) is 105 Å². The lowest BCUT2D eigenvalue weighted by atomic mass is 9.95. The Bertz CT molecular complexity index is 749. The molecule has 0 radical (unpaired) electrons. The van der Waals surface area contributed by atoms with E-state index in [1.165, 1.54) is 19.3 Å². The summed E-state index contributed by atoms with van der Waals surface area (Å²) in [6.07, 6.45) is 6.16. The smallest absolute Gasteiger partial charge is 0.226 e. The van der Waals surface area contributed by atoms with Crippen LogP contribution < -0.4 is 5.32 Å². The van der Waals surface area contributed by atoms with E-state index in [1.807, 2.05) is 0 Å². The number of aromatic nitrogens is 4. The van der Waals surface area contributed by atoms with E-state index in [9.17, 15) is 10.2 Å². The number of rotatable bonds is 4. The first kappa shape index (κ1) is 17.0. The third kappa shape index (κ3) is 3.31. The Balaban J connectivity index is 1.64. The number of anilines is 1. The Morgan fingerprint density at radius 2 is 2.08 bits per heavy atom. The van der Waals surface area contributed by atoms with Crippen LogP contribution in [0.3, 0.4) is 0 Å². The van der Waals surface area contributed by atoms with E-state index in [-0.39, 0.29) is 11.9 Å². The first-order valence-electron chi connectivity index (χ1n) is 8.76. The second-order valence-electron chi connectivity index (χ2n) is 6.76. The van der Waals surface area contributed by atoms with Gasteiger partial charge in [-0.05, 0) is 24.4 Å². The highest BCUT2D eigenvalue weighted by Gasteiger charge is 2.35. The Morgan fingerprint density at radius 3 is 2.80 bits per heavy atom. The van der Waals surface area contributed by atoms with Gasteiger partial charge in [-0.25, -0.2) is 4.98 Å². The van der Waals surface area contributed by atoms with Gasteiger partial charge in [-0.15, -0.1) is 0 Å². The molecule has 0 unspecified atom stereocenters. The number of hydrogen-bond donors (Lipinski definition) is 3. The Kier molecular flexibility index (Phi) is 4.77. The number of fused-ring (bicyclic) bond motifs is 1. The molecule has 0 amide bonds. The summed E-state index contributed by atoms with van der Waals surface area (Å²) < 4.78 is 7.45. The quantitative estimate of drug-likeness (QED) is 0.708. The van der Waals surface area contributed by atoms with Crippen molar-refractivity contribution in [2.45, 2.75) is 63.0 Å². The second kappa shape index (κ2) is 7.03. The maximum absolute atomic E-state index is 9.97. The van der Waals surface area contributed by atoms with Crippen LogP contribution in [0, 0.1) is 0 Å². The van der Waals surface area contributed by atoms with Crippen molar-refractivity contribution >= 4 is 28.6 Å². The number of nitrogens with one attached hydrogen (secondary N) is 1. The minimum absolute atomic E-state index is 0.143. The van der Waals surface area contributed by atoms with Gasteiger partial charge in [0.1, 0.15) is 12.3 Å². The van der Waals surface area contributed by atoms with Crippen molar-refractivity contribution in [2.24, 2.45) is 0 Å². The number of aliphatic hydroxyl groups is 2. The maximum Gasteiger partial charge on any atom is 0.226 e. The third-order valence-electron chi connectivity index (χ3n) is 5.03. The van der Waals surface area contributed by atoms with Gasteiger partial charge in [0.05, 0.1) is 19.0 Å². The van der Waals surface area contributed by atoms with Crippen LogP contribution in [0.2, 0.25) is 5.28 Å². The molecule has 3 atom stereocenters. The Hall–Kier alpha value is -1.48. The fourth-order valence-electron chi connectivity index (χ4n) is 3.69. The molecule has 1 aliphatic heterocycles. The lowest BCUT2D eigenvalue weighted by molar-refractivity contribution is -0.0432. The number of ether oxygens (including phenoxy) is 1. The molecule has 25 heavy (non-hydrogen) atoms. The largest absolute Gasteiger partial charge is 0.394 e. The molecule has 0 aromatic carbocycles. The molecule has 0 spiro atoms. The molecule has 1 saturated carbocycles. The van der Waals surface area contributed by atoms with Crippen molar-refractivity contribution in [1.82, 2.24) is 19.5 Å². The average molecular weight is 368 g/mol. The number of nitrogens with zero attached hydrogens (tertiary/aromatic N) is 4. The van der Waals surface area contributed by atoms with E-state index in [2.05, 4.69) is 20.3 Å². The standard InChI is InChI=1S/C16H22ClN5O3/c17-16-20-14(19-9-4-2-1-3-5-9)13-15(21-16)22(8-18-13)12-6-10(24)11(7-23)25-12/h8-12,23-24H,1-7H2,(H,19,20,21)/t10-,11+,12-/m0/s1. The second-order valence-corrected chi connectivity index (χ2v) is 7.10. The minimum Gasteiger partial charge on any atom is -0.394 e. The van der Waals surface area contributed by atoms with Crippen molar-refractivity contribution in [2.75, 3.05) is 11.9 Å². The SMILES string of the molecule is OC[C@H]1O[C@H](n2cnc3c(NC4CCCCC4)nc(Cl)nc32)C[C@@H]1O. The molecule has 9 heteroatoms. The van der Waals surface area contributed by atoms with Crippen LogP contribution in [0.25, 0.3) is 11.2 Å². The number of halogens is 1. The summed E-state index contributed by atoms with van der Waals surface area (Å²) in [5.41, 5.74) is 1.20. The zero-order valence-corrected chi connectivity index (χ0v) is 14.6. The number of imidazole rings is 1. The van der Waals surface area contributed by atoms with E-state index < -0.39 is 18.4 Å². The Labute approximate surface area is 150 Å². The summed E-state index contributed by atoms with van der Waals surface area (Å²) in [6, 6.07) is 0.372.